The number of benzene rings is 2. The molecule has 0 spiro atoms. The van der Waals surface area contributed by atoms with Gasteiger partial charge in [-0.25, -0.2) is 0 Å². The first-order chi connectivity index (χ1) is 23.1. The summed E-state index contributed by atoms with van der Waals surface area (Å²) in [6.07, 6.45) is 12.0. The average Bonchev–Trinajstić information content (AvgIpc) is 3.64. The van der Waals surface area contributed by atoms with E-state index in [1.807, 2.05) is 68.5 Å². The van der Waals surface area contributed by atoms with Crippen molar-refractivity contribution < 1.29 is 19.4 Å². The van der Waals surface area contributed by atoms with Crippen LogP contribution in [0.3, 0.4) is 0 Å². The van der Waals surface area contributed by atoms with Crippen LogP contribution < -0.4 is 20.9 Å². The van der Waals surface area contributed by atoms with Crippen molar-refractivity contribution in [2.45, 2.75) is 76.6 Å². The molecule has 1 saturated carbocycles. The molecule has 0 bridgehead atoms. The van der Waals surface area contributed by atoms with Crippen molar-refractivity contribution in [1.29, 1.82) is 0 Å². The molecule has 9 nitrogen and oxygen atoms in total. The summed E-state index contributed by atoms with van der Waals surface area (Å²) in [5.74, 6) is 0.361. The second kappa shape index (κ2) is 14.3. The van der Waals surface area contributed by atoms with E-state index in [1.54, 1.807) is 19.2 Å². The number of carbonyl (C=O) groups is 2. The highest BCUT2D eigenvalue weighted by Crippen LogP contribution is 2.42. The molecular formula is C39H46N4O5. The minimum atomic E-state index is -0.963. The van der Waals surface area contributed by atoms with Crippen LogP contribution in [0.15, 0.2) is 83.8 Å². The number of ketones is 1. The Morgan fingerprint density at radius 2 is 1.85 bits per heavy atom. The Kier molecular flexibility index (Phi) is 9.99. The number of fused-ring (bicyclic) bond motifs is 1. The molecule has 3 aromatic rings. The number of aliphatic hydroxyl groups is 1. The highest BCUT2D eigenvalue weighted by molar-refractivity contribution is 6.02. The normalized spacial score (nSPS) is 20.2. The van der Waals surface area contributed by atoms with E-state index < -0.39 is 17.6 Å². The molecular weight excluding hydrogens is 604 g/mol. The SMILES string of the molecule is COc1ccc2c(c1)[C@H](NC[C@@H](O)[C@H](Cc1ccccc1)NC(=O)c1c[nH]c(=O)c(C3=CC=CCN3C3CCCC3)c1)CC(C)(C)C2=O. The Labute approximate surface area is 282 Å². The highest BCUT2D eigenvalue weighted by atomic mass is 16.5. The molecule has 1 aromatic heterocycles. The van der Waals surface area contributed by atoms with Crippen LogP contribution in [0.2, 0.25) is 0 Å². The summed E-state index contributed by atoms with van der Waals surface area (Å²) < 4.78 is 5.45. The number of ether oxygens (including phenoxy) is 1. The lowest BCUT2D eigenvalue weighted by molar-refractivity contribution is 0.0749. The summed E-state index contributed by atoms with van der Waals surface area (Å²) in [5, 5.41) is 18.2. The summed E-state index contributed by atoms with van der Waals surface area (Å²) in [4.78, 5) is 45.2. The maximum atomic E-state index is 13.8. The molecule has 2 heterocycles. The zero-order valence-corrected chi connectivity index (χ0v) is 28.0. The molecule has 252 valence electrons. The minimum absolute atomic E-state index is 0.0830. The van der Waals surface area contributed by atoms with Crippen molar-refractivity contribution in [3.63, 3.8) is 0 Å². The number of H-pyrrole nitrogens is 1. The van der Waals surface area contributed by atoms with E-state index in [9.17, 15) is 19.5 Å². The Morgan fingerprint density at radius 3 is 2.60 bits per heavy atom. The number of hydrogen-bond acceptors (Lipinski definition) is 7. The summed E-state index contributed by atoms with van der Waals surface area (Å²) in [5.41, 5.74) is 3.24. The lowest BCUT2D eigenvalue weighted by Crippen LogP contribution is -2.50. The molecule has 0 saturated heterocycles. The fraction of sp³-hybridized carbons (Fsp3) is 0.410. The number of Topliss-reactive ketones (excluding diaryl/α,β-unsaturated/α-hetero) is 1. The number of rotatable bonds is 11. The number of pyridine rings is 1. The second-order valence-corrected chi connectivity index (χ2v) is 13.9. The Morgan fingerprint density at radius 1 is 1.08 bits per heavy atom. The maximum absolute atomic E-state index is 13.8. The number of carbonyl (C=O) groups excluding carboxylic acids is 2. The third kappa shape index (κ3) is 7.17. The number of methoxy groups -OCH3 is 1. The molecule has 1 amide bonds. The van der Waals surface area contributed by atoms with Gasteiger partial charge in [0.2, 0.25) is 0 Å². The van der Waals surface area contributed by atoms with Crippen LogP contribution >= 0.6 is 0 Å². The third-order valence-electron chi connectivity index (χ3n) is 10.1. The van der Waals surface area contributed by atoms with Gasteiger partial charge in [-0.05, 0) is 67.2 Å². The quantitative estimate of drug-likeness (QED) is 0.225. The van der Waals surface area contributed by atoms with Crippen molar-refractivity contribution in [3.05, 3.63) is 117 Å². The molecule has 3 atom stereocenters. The largest absolute Gasteiger partial charge is 0.497 e. The number of nitrogens with one attached hydrogen (secondary N) is 3. The van der Waals surface area contributed by atoms with Crippen LogP contribution in [0.1, 0.15) is 89.4 Å². The van der Waals surface area contributed by atoms with Crippen LogP contribution in [0.25, 0.3) is 5.70 Å². The van der Waals surface area contributed by atoms with Crippen LogP contribution in [0.4, 0.5) is 0 Å². The zero-order chi connectivity index (χ0) is 33.8. The van der Waals surface area contributed by atoms with Gasteiger partial charge in [0.25, 0.3) is 11.5 Å². The van der Waals surface area contributed by atoms with Gasteiger partial charge in [0.1, 0.15) is 5.75 Å². The smallest absolute Gasteiger partial charge is 0.257 e. The van der Waals surface area contributed by atoms with E-state index in [2.05, 4.69) is 26.6 Å². The molecule has 1 aliphatic heterocycles. The van der Waals surface area contributed by atoms with Gasteiger partial charge in [-0.3, -0.25) is 14.4 Å². The fourth-order valence-electron chi connectivity index (χ4n) is 7.37. The van der Waals surface area contributed by atoms with Crippen molar-refractivity contribution >= 4 is 17.4 Å². The number of nitrogens with zero attached hydrogens (tertiary/aromatic N) is 1. The maximum Gasteiger partial charge on any atom is 0.257 e. The van der Waals surface area contributed by atoms with Gasteiger partial charge < -0.3 is 30.4 Å². The monoisotopic (exact) mass is 650 g/mol. The number of amides is 1. The van der Waals surface area contributed by atoms with Gasteiger partial charge in [-0.1, -0.05) is 69.2 Å². The number of aromatic nitrogens is 1. The van der Waals surface area contributed by atoms with Crippen LogP contribution in [0, 0.1) is 5.41 Å². The van der Waals surface area contributed by atoms with Crippen molar-refractivity contribution in [1.82, 2.24) is 20.5 Å². The first-order valence-electron chi connectivity index (χ1n) is 17.0. The van der Waals surface area contributed by atoms with Gasteiger partial charge in [0.05, 0.1) is 36.1 Å². The van der Waals surface area contributed by atoms with Crippen LogP contribution in [0.5, 0.6) is 5.75 Å². The predicted octanol–water partition coefficient (Wildman–Crippen LogP) is 5.18. The second-order valence-electron chi connectivity index (χ2n) is 13.9. The fourth-order valence-corrected chi connectivity index (χ4v) is 7.37. The molecule has 2 aromatic carbocycles. The Hall–Kier alpha value is -4.47. The van der Waals surface area contributed by atoms with Gasteiger partial charge in [0, 0.05) is 42.3 Å². The molecule has 6 rings (SSSR count). The topological polar surface area (TPSA) is 124 Å². The van der Waals surface area contributed by atoms with Crippen molar-refractivity contribution in [2.75, 3.05) is 20.2 Å². The van der Waals surface area contributed by atoms with E-state index >= 15 is 0 Å². The zero-order valence-electron chi connectivity index (χ0n) is 28.0. The van der Waals surface area contributed by atoms with E-state index in [0.717, 1.165) is 36.2 Å². The van der Waals surface area contributed by atoms with Gasteiger partial charge >= 0.3 is 0 Å². The van der Waals surface area contributed by atoms with E-state index in [4.69, 9.17) is 4.74 Å². The standard InChI is InChI=1S/C39H46N4O5/c1-39(2)22-33(30-21-28(48-3)16-17-29(30)36(39)45)40-24-35(44)32(19-25-11-5-4-6-12-25)42-37(46)26-20-31(38(47)41-23-26)34-15-9-10-18-43(34)27-13-7-8-14-27/h4-6,9-12,15-17,20-21,23,27,32-33,35,40,44H,7-8,13-14,18-19,22,24H2,1-3H3,(H,41,47)(H,42,46)/t32-,33+,35+/m0/s1. The minimum Gasteiger partial charge on any atom is -0.497 e. The molecule has 0 unspecified atom stereocenters. The summed E-state index contributed by atoms with van der Waals surface area (Å²) in [6, 6.07) is 16.4. The molecule has 9 heteroatoms. The van der Waals surface area contributed by atoms with E-state index in [1.165, 1.54) is 19.0 Å². The van der Waals surface area contributed by atoms with Gasteiger partial charge in [-0.15, -0.1) is 0 Å². The predicted molar refractivity (Wildman–Crippen MR) is 187 cm³/mol. The van der Waals surface area contributed by atoms with Crippen molar-refractivity contribution in [2.24, 2.45) is 5.41 Å². The number of hydrogen-bond donors (Lipinski definition) is 4. The van der Waals surface area contributed by atoms with Crippen molar-refractivity contribution in [3.8, 4) is 5.75 Å². The highest BCUT2D eigenvalue weighted by Gasteiger charge is 2.40. The lowest BCUT2D eigenvalue weighted by atomic mass is 9.71. The molecule has 2 aliphatic carbocycles. The van der Waals surface area contributed by atoms with Gasteiger partial charge in [0.15, 0.2) is 5.78 Å². The Balaban J connectivity index is 1.22. The number of aliphatic hydroxyl groups excluding tert-OH is 1. The summed E-state index contributed by atoms with van der Waals surface area (Å²) >= 11 is 0. The van der Waals surface area contributed by atoms with Gasteiger partial charge in [-0.2, -0.15) is 0 Å². The summed E-state index contributed by atoms with van der Waals surface area (Å²) in [7, 11) is 1.60. The molecule has 0 radical (unpaired) electrons. The summed E-state index contributed by atoms with van der Waals surface area (Å²) in [6.45, 7) is 4.79. The third-order valence-corrected chi connectivity index (χ3v) is 10.1. The van der Waals surface area contributed by atoms with E-state index in [-0.39, 0.29) is 29.8 Å². The molecule has 1 fully saturated rings. The van der Waals surface area contributed by atoms with E-state index in [0.29, 0.717) is 41.3 Å². The molecule has 48 heavy (non-hydrogen) atoms. The molecule has 4 N–H and O–H groups in total. The molecule has 3 aliphatic rings. The number of allylic oxidation sites excluding steroid dienone is 2. The van der Waals surface area contributed by atoms with Crippen LogP contribution in [-0.4, -0.2) is 65.1 Å². The average molecular weight is 651 g/mol. The Bertz CT molecular complexity index is 1760. The number of aromatic amines is 1. The van der Waals surface area contributed by atoms with Crippen LogP contribution in [-0.2, 0) is 6.42 Å². The first kappa shape index (κ1) is 33.4. The lowest BCUT2D eigenvalue weighted by Gasteiger charge is -2.37. The first-order valence-corrected chi connectivity index (χ1v) is 17.0.